The predicted molar refractivity (Wildman–Crippen MR) is 36.5 cm³/mol. The van der Waals surface area contributed by atoms with Gasteiger partial charge in [-0.1, -0.05) is 24.3 Å². The molecule has 0 aromatic carbocycles. The average Bonchev–Trinajstić information content (AvgIpc) is 2.33. The molecule has 9 heavy (non-hydrogen) atoms. The van der Waals surface area contributed by atoms with Gasteiger partial charge in [0.15, 0.2) is 0 Å². The third-order valence-electron chi connectivity index (χ3n) is 1.70. The van der Waals surface area contributed by atoms with Crippen LogP contribution in [0.2, 0.25) is 0 Å². The Morgan fingerprint density at radius 2 is 2.11 bits per heavy atom. The average molecular weight is 118 g/mol. The third-order valence-corrected chi connectivity index (χ3v) is 1.70. The highest BCUT2D eigenvalue weighted by molar-refractivity contribution is 5.23. The van der Waals surface area contributed by atoms with E-state index in [1.54, 1.807) is 0 Å². The molecule has 2 unspecified atom stereocenters. The monoisotopic (exact) mass is 118 g/mol. The molecule has 45 valence electrons. The Morgan fingerprint density at radius 1 is 1.22 bits per heavy atom. The first-order valence-electron chi connectivity index (χ1n) is 3.16. The predicted octanol–water partition coefficient (Wildman–Crippen LogP) is 1.02. The van der Waals surface area contributed by atoms with Crippen molar-refractivity contribution in [2.24, 2.45) is 5.92 Å². The van der Waals surface area contributed by atoms with Crippen LogP contribution in [0.3, 0.4) is 0 Å². The van der Waals surface area contributed by atoms with Crippen LogP contribution in [-0.4, -0.2) is 6.04 Å². The Kier molecular flexibility index (Phi) is 0.950. The smallest absolute Gasteiger partial charge is 0.0546 e. The van der Waals surface area contributed by atoms with E-state index in [0.29, 0.717) is 12.0 Å². The molecule has 2 rings (SSSR count). The molecule has 2 atom stereocenters. The van der Waals surface area contributed by atoms with Crippen LogP contribution in [0.5, 0.6) is 0 Å². The molecule has 1 heterocycles. The van der Waals surface area contributed by atoms with Crippen LogP contribution in [0.1, 0.15) is 0 Å². The summed E-state index contributed by atoms with van der Waals surface area (Å²) >= 11 is 0. The van der Waals surface area contributed by atoms with Crippen LogP contribution in [0, 0.1) is 12.1 Å². The third kappa shape index (κ3) is 0.689. The van der Waals surface area contributed by atoms with E-state index in [9.17, 15) is 0 Å². The van der Waals surface area contributed by atoms with Crippen molar-refractivity contribution in [1.82, 2.24) is 5.32 Å². The van der Waals surface area contributed by atoms with Gasteiger partial charge in [0.25, 0.3) is 0 Å². The molecule has 0 amide bonds. The van der Waals surface area contributed by atoms with Gasteiger partial charge in [0.2, 0.25) is 0 Å². The minimum absolute atomic E-state index is 0.481. The maximum absolute atomic E-state index is 3.11. The molecule has 0 saturated heterocycles. The fraction of sp³-hybridized carbons (Fsp3) is 0.250. The van der Waals surface area contributed by atoms with Crippen molar-refractivity contribution in [2.75, 3.05) is 0 Å². The molecule has 0 spiro atoms. The first-order chi connectivity index (χ1) is 4.47. The summed E-state index contributed by atoms with van der Waals surface area (Å²) in [4.78, 5) is 0. The van der Waals surface area contributed by atoms with E-state index in [-0.39, 0.29) is 0 Å². The van der Waals surface area contributed by atoms with E-state index < -0.39 is 0 Å². The van der Waals surface area contributed by atoms with Gasteiger partial charge < -0.3 is 5.32 Å². The largest absolute Gasteiger partial charge is 0.376 e. The zero-order chi connectivity index (χ0) is 6.10. The number of fused-ring (bicyclic) bond motifs is 1. The fourth-order valence-corrected chi connectivity index (χ4v) is 1.17. The van der Waals surface area contributed by atoms with Crippen LogP contribution >= 0.6 is 0 Å². The van der Waals surface area contributed by atoms with Crippen molar-refractivity contribution >= 4 is 0 Å². The van der Waals surface area contributed by atoms with Crippen molar-refractivity contribution in [2.45, 2.75) is 6.04 Å². The van der Waals surface area contributed by atoms with Crippen molar-refractivity contribution < 1.29 is 0 Å². The summed E-state index contributed by atoms with van der Waals surface area (Å²) in [6.45, 7) is 0. The zero-order valence-electron chi connectivity index (χ0n) is 5.04. The van der Waals surface area contributed by atoms with Gasteiger partial charge >= 0.3 is 0 Å². The first kappa shape index (κ1) is 4.86. The Balaban J connectivity index is 2.25. The fourth-order valence-electron chi connectivity index (χ4n) is 1.17. The van der Waals surface area contributed by atoms with Crippen LogP contribution in [-0.2, 0) is 0 Å². The summed E-state index contributed by atoms with van der Waals surface area (Å²) in [6.07, 6.45) is 13.5. The molecule has 0 saturated carbocycles. The van der Waals surface area contributed by atoms with E-state index in [2.05, 4.69) is 41.9 Å². The standard InChI is InChI=1S/C8H8N/c1-2-4-8-7(3-1)5-6-9-8/h1-5,7-9H. The van der Waals surface area contributed by atoms with Crippen molar-refractivity contribution in [3.05, 3.63) is 36.6 Å². The lowest BCUT2D eigenvalue weighted by atomic mass is 9.98. The summed E-state index contributed by atoms with van der Waals surface area (Å²) < 4.78 is 0. The SMILES string of the molecule is [C]1=CC2C=CC=CC2N1. The topological polar surface area (TPSA) is 12.0 Å². The quantitative estimate of drug-likeness (QED) is 0.500. The van der Waals surface area contributed by atoms with E-state index >= 15 is 0 Å². The normalized spacial score (nSPS) is 36.4. The van der Waals surface area contributed by atoms with Crippen molar-refractivity contribution in [3.63, 3.8) is 0 Å². The second kappa shape index (κ2) is 1.76. The highest BCUT2D eigenvalue weighted by atomic mass is 14.9. The molecule has 0 aromatic heterocycles. The second-order valence-corrected chi connectivity index (χ2v) is 2.33. The zero-order valence-corrected chi connectivity index (χ0v) is 5.04. The van der Waals surface area contributed by atoms with Gasteiger partial charge in [-0.15, -0.1) is 0 Å². The molecule has 0 bridgehead atoms. The molecule has 0 fully saturated rings. The Hall–Kier alpha value is -0.980. The Labute approximate surface area is 54.8 Å². The molecule has 0 aromatic rings. The summed E-state index contributed by atoms with van der Waals surface area (Å²) in [6, 6.07) is 0.481. The molecule has 1 nitrogen and oxygen atoms in total. The maximum Gasteiger partial charge on any atom is 0.0546 e. The maximum atomic E-state index is 3.11. The van der Waals surface area contributed by atoms with Gasteiger partial charge in [0, 0.05) is 5.92 Å². The molecule has 1 aliphatic carbocycles. The summed E-state index contributed by atoms with van der Waals surface area (Å²) in [5, 5.41) is 3.11. The molecule has 1 aliphatic heterocycles. The van der Waals surface area contributed by atoms with Gasteiger partial charge in [0.1, 0.15) is 0 Å². The number of allylic oxidation sites excluding steroid dienone is 2. The van der Waals surface area contributed by atoms with Crippen LogP contribution < -0.4 is 5.32 Å². The van der Waals surface area contributed by atoms with Gasteiger partial charge in [-0.3, -0.25) is 0 Å². The molecule has 1 radical (unpaired) electrons. The van der Waals surface area contributed by atoms with Crippen molar-refractivity contribution in [3.8, 4) is 0 Å². The molecule has 1 N–H and O–H groups in total. The van der Waals surface area contributed by atoms with Gasteiger partial charge in [-0.05, 0) is 6.08 Å². The lowest BCUT2D eigenvalue weighted by Gasteiger charge is -2.13. The summed E-state index contributed by atoms with van der Waals surface area (Å²) in [7, 11) is 0. The van der Waals surface area contributed by atoms with E-state index in [4.69, 9.17) is 0 Å². The van der Waals surface area contributed by atoms with E-state index in [1.807, 2.05) is 0 Å². The molecule has 1 heteroatoms. The lowest BCUT2D eigenvalue weighted by Crippen LogP contribution is -2.24. The number of nitrogens with one attached hydrogen (secondary N) is 1. The van der Waals surface area contributed by atoms with Crippen LogP contribution in [0.25, 0.3) is 0 Å². The molecule has 2 aliphatic rings. The lowest BCUT2D eigenvalue weighted by molar-refractivity contribution is 0.644. The van der Waals surface area contributed by atoms with E-state index in [0.717, 1.165) is 0 Å². The highest BCUT2D eigenvalue weighted by Gasteiger charge is 2.18. The molecular formula is C8H8N. The van der Waals surface area contributed by atoms with Crippen molar-refractivity contribution in [1.29, 1.82) is 0 Å². The Bertz CT molecular complexity index is 189. The van der Waals surface area contributed by atoms with Gasteiger partial charge in [0.05, 0.1) is 12.2 Å². The van der Waals surface area contributed by atoms with Crippen LogP contribution in [0.4, 0.5) is 0 Å². The van der Waals surface area contributed by atoms with Gasteiger partial charge in [-0.25, -0.2) is 0 Å². The number of hydrogen-bond acceptors (Lipinski definition) is 1. The molecular weight excluding hydrogens is 110 g/mol. The second-order valence-electron chi connectivity index (χ2n) is 2.33. The first-order valence-corrected chi connectivity index (χ1v) is 3.16. The Morgan fingerprint density at radius 3 is 3.00 bits per heavy atom. The minimum Gasteiger partial charge on any atom is -0.376 e. The summed E-state index contributed by atoms with van der Waals surface area (Å²) in [5.41, 5.74) is 0. The van der Waals surface area contributed by atoms with Gasteiger partial charge in [-0.2, -0.15) is 0 Å². The number of hydrogen-bond donors (Lipinski definition) is 1. The highest BCUT2D eigenvalue weighted by Crippen LogP contribution is 2.17. The summed E-state index contributed by atoms with van der Waals surface area (Å²) in [5.74, 6) is 0.551. The van der Waals surface area contributed by atoms with Crippen LogP contribution in [0.15, 0.2) is 30.4 Å². The van der Waals surface area contributed by atoms with E-state index in [1.165, 1.54) is 0 Å². The number of rotatable bonds is 0. The minimum atomic E-state index is 0.481.